The molecular formula is C23H30N4O2. The second-order valence-electron chi connectivity index (χ2n) is 8.11. The lowest BCUT2D eigenvalue weighted by molar-refractivity contribution is -0.118. The van der Waals surface area contributed by atoms with Crippen molar-refractivity contribution in [3.8, 4) is 0 Å². The van der Waals surface area contributed by atoms with Crippen LogP contribution in [0.1, 0.15) is 61.1 Å². The Balaban J connectivity index is 1.76. The van der Waals surface area contributed by atoms with Crippen LogP contribution in [0, 0.1) is 0 Å². The van der Waals surface area contributed by atoms with E-state index < -0.39 is 0 Å². The van der Waals surface area contributed by atoms with E-state index in [9.17, 15) is 9.59 Å². The molecule has 0 bridgehead atoms. The van der Waals surface area contributed by atoms with Crippen LogP contribution in [-0.2, 0) is 4.79 Å². The first kappa shape index (κ1) is 20.8. The van der Waals surface area contributed by atoms with Gasteiger partial charge < -0.3 is 15.1 Å². The minimum atomic E-state index is -0.197. The summed E-state index contributed by atoms with van der Waals surface area (Å²) in [5.74, 6) is 0.422. The van der Waals surface area contributed by atoms with E-state index in [2.05, 4.69) is 61.1 Å². The van der Waals surface area contributed by atoms with Gasteiger partial charge in [0.15, 0.2) is 0 Å². The summed E-state index contributed by atoms with van der Waals surface area (Å²) in [5.41, 5.74) is 4.54. The molecule has 6 nitrogen and oxygen atoms in total. The van der Waals surface area contributed by atoms with Crippen LogP contribution < -0.4 is 10.2 Å². The highest BCUT2D eigenvalue weighted by Gasteiger charge is 2.19. The lowest BCUT2D eigenvalue weighted by atomic mass is 9.92. The molecular weight excluding hydrogens is 364 g/mol. The molecule has 0 saturated carbocycles. The van der Waals surface area contributed by atoms with Crippen LogP contribution in [0.4, 0.5) is 11.4 Å². The largest absolute Gasteiger partial charge is 0.367 e. The van der Waals surface area contributed by atoms with Gasteiger partial charge >= 0.3 is 0 Å². The third-order valence-corrected chi connectivity index (χ3v) is 5.42. The SMILES string of the molecule is CC(C)c1cccc(C(C)C)c1NC(=O)c1ccc(N2CCN(C=O)CC2)cn1. The van der Waals surface area contributed by atoms with Gasteiger partial charge in [0.2, 0.25) is 6.41 Å². The fourth-order valence-corrected chi connectivity index (χ4v) is 3.67. The van der Waals surface area contributed by atoms with Gasteiger partial charge in [0, 0.05) is 31.9 Å². The average molecular weight is 395 g/mol. The number of aromatic nitrogens is 1. The van der Waals surface area contributed by atoms with Crippen molar-refractivity contribution in [2.45, 2.75) is 39.5 Å². The van der Waals surface area contributed by atoms with Crippen LogP contribution in [0.15, 0.2) is 36.5 Å². The summed E-state index contributed by atoms with van der Waals surface area (Å²) >= 11 is 0. The van der Waals surface area contributed by atoms with Crippen molar-refractivity contribution in [1.82, 2.24) is 9.88 Å². The van der Waals surface area contributed by atoms with Gasteiger partial charge in [-0.15, -0.1) is 0 Å². The second-order valence-corrected chi connectivity index (χ2v) is 8.11. The van der Waals surface area contributed by atoms with Crippen molar-refractivity contribution in [2.75, 3.05) is 36.4 Å². The number of para-hydroxylation sites is 1. The maximum absolute atomic E-state index is 12.9. The predicted octanol–water partition coefficient (Wildman–Crippen LogP) is 3.86. The van der Waals surface area contributed by atoms with Gasteiger partial charge in [-0.3, -0.25) is 9.59 Å². The number of carbonyl (C=O) groups is 2. The summed E-state index contributed by atoms with van der Waals surface area (Å²) in [6.07, 6.45) is 2.63. The topological polar surface area (TPSA) is 65.5 Å². The Morgan fingerprint density at radius 1 is 1.00 bits per heavy atom. The molecule has 2 heterocycles. The molecule has 0 aliphatic carbocycles. The molecule has 0 atom stereocenters. The van der Waals surface area contributed by atoms with Gasteiger partial charge in [0.1, 0.15) is 5.69 Å². The monoisotopic (exact) mass is 394 g/mol. The fourth-order valence-electron chi connectivity index (χ4n) is 3.67. The van der Waals surface area contributed by atoms with Gasteiger partial charge in [-0.25, -0.2) is 4.98 Å². The van der Waals surface area contributed by atoms with Gasteiger partial charge in [-0.05, 0) is 35.1 Å². The number of benzene rings is 1. The fraction of sp³-hybridized carbons (Fsp3) is 0.435. The second kappa shape index (κ2) is 9.07. The van der Waals surface area contributed by atoms with E-state index in [4.69, 9.17) is 0 Å². The quantitative estimate of drug-likeness (QED) is 0.756. The van der Waals surface area contributed by atoms with Crippen LogP contribution >= 0.6 is 0 Å². The third-order valence-electron chi connectivity index (χ3n) is 5.42. The number of nitrogens with zero attached hydrogens (tertiary/aromatic N) is 3. The molecule has 1 saturated heterocycles. The molecule has 1 aromatic carbocycles. The van der Waals surface area contributed by atoms with Gasteiger partial charge in [-0.1, -0.05) is 45.9 Å². The van der Waals surface area contributed by atoms with E-state index in [1.807, 2.05) is 6.07 Å². The number of anilines is 2. The summed E-state index contributed by atoms with van der Waals surface area (Å²) in [5, 5.41) is 3.11. The molecule has 2 amide bonds. The first-order valence-electron chi connectivity index (χ1n) is 10.2. The van der Waals surface area contributed by atoms with E-state index in [0.29, 0.717) is 30.6 Å². The lowest BCUT2D eigenvalue weighted by Crippen LogP contribution is -2.45. The van der Waals surface area contributed by atoms with Crippen molar-refractivity contribution >= 4 is 23.7 Å². The van der Waals surface area contributed by atoms with Gasteiger partial charge in [0.25, 0.3) is 5.91 Å². The molecule has 1 aliphatic rings. The smallest absolute Gasteiger partial charge is 0.274 e. The molecule has 1 aromatic heterocycles. The minimum Gasteiger partial charge on any atom is -0.367 e. The molecule has 0 spiro atoms. The van der Waals surface area contributed by atoms with Gasteiger partial charge in [0.05, 0.1) is 11.9 Å². The first-order valence-corrected chi connectivity index (χ1v) is 10.2. The molecule has 1 fully saturated rings. The van der Waals surface area contributed by atoms with E-state index in [0.717, 1.165) is 42.0 Å². The standard InChI is InChI=1S/C23H30N4O2/c1-16(2)19-6-5-7-20(17(3)4)22(19)25-23(29)21-9-8-18(14-24-21)27-12-10-26(15-28)11-13-27/h5-9,14-17H,10-13H2,1-4H3,(H,25,29). The number of pyridine rings is 1. The predicted molar refractivity (Wildman–Crippen MR) is 117 cm³/mol. The van der Waals surface area contributed by atoms with Crippen molar-refractivity contribution in [2.24, 2.45) is 0 Å². The normalized spacial score (nSPS) is 14.4. The Morgan fingerprint density at radius 3 is 2.10 bits per heavy atom. The average Bonchev–Trinajstić information content (AvgIpc) is 2.73. The number of carbonyl (C=O) groups excluding carboxylic acids is 2. The highest BCUT2D eigenvalue weighted by Crippen LogP contribution is 2.32. The van der Waals surface area contributed by atoms with Gasteiger partial charge in [-0.2, -0.15) is 0 Å². The van der Waals surface area contributed by atoms with Crippen LogP contribution in [0.5, 0.6) is 0 Å². The molecule has 29 heavy (non-hydrogen) atoms. The summed E-state index contributed by atoms with van der Waals surface area (Å²) in [6, 6.07) is 9.89. The maximum Gasteiger partial charge on any atom is 0.274 e. The third kappa shape index (κ3) is 4.75. The van der Waals surface area contributed by atoms with E-state index in [1.165, 1.54) is 0 Å². The number of hydrogen-bond acceptors (Lipinski definition) is 4. The highest BCUT2D eigenvalue weighted by atomic mass is 16.2. The Morgan fingerprint density at radius 2 is 1.62 bits per heavy atom. The number of piperazine rings is 1. The lowest BCUT2D eigenvalue weighted by Gasteiger charge is -2.33. The minimum absolute atomic E-state index is 0.197. The zero-order valence-electron chi connectivity index (χ0n) is 17.7. The van der Waals surface area contributed by atoms with Crippen LogP contribution in [-0.4, -0.2) is 48.4 Å². The number of hydrogen-bond donors (Lipinski definition) is 1. The molecule has 3 rings (SSSR count). The number of amides is 2. The van der Waals surface area contributed by atoms with E-state index >= 15 is 0 Å². The van der Waals surface area contributed by atoms with Crippen molar-refractivity contribution in [3.63, 3.8) is 0 Å². The summed E-state index contributed by atoms with van der Waals surface area (Å²) in [6.45, 7) is 11.5. The Hall–Kier alpha value is -2.89. The number of rotatable bonds is 6. The molecule has 154 valence electrons. The molecule has 2 aromatic rings. The van der Waals surface area contributed by atoms with Crippen molar-refractivity contribution < 1.29 is 9.59 Å². The van der Waals surface area contributed by atoms with E-state index in [-0.39, 0.29) is 5.91 Å². The first-order chi connectivity index (χ1) is 13.9. The summed E-state index contributed by atoms with van der Waals surface area (Å²) < 4.78 is 0. The number of nitrogens with one attached hydrogen (secondary N) is 1. The van der Waals surface area contributed by atoms with Crippen LogP contribution in [0.3, 0.4) is 0 Å². The van der Waals surface area contributed by atoms with Crippen molar-refractivity contribution in [3.05, 3.63) is 53.3 Å². The molecule has 1 N–H and O–H groups in total. The zero-order valence-corrected chi connectivity index (χ0v) is 17.7. The summed E-state index contributed by atoms with van der Waals surface area (Å²) in [7, 11) is 0. The van der Waals surface area contributed by atoms with Crippen LogP contribution in [0.25, 0.3) is 0 Å². The molecule has 1 aliphatic heterocycles. The summed E-state index contributed by atoms with van der Waals surface area (Å²) in [4.78, 5) is 32.1. The molecule has 0 radical (unpaired) electrons. The Bertz CT molecular complexity index is 827. The maximum atomic E-state index is 12.9. The molecule has 0 unspecified atom stereocenters. The van der Waals surface area contributed by atoms with E-state index in [1.54, 1.807) is 17.2 Å². The Kier molecular flexibility index (Phi) is 6.52. The Labute approximate surface area is 172 Å². The van der Waals surface area contributed by atoms with Crippen molar-refractivity contribution in [1.29, 1.82) is 0 Å². The molecule has 6 heteroatoms. The zero-order chi connectivity index (χ0) is 21.0. The highest BCUT2D eigenvalue weighted by molar-refractivity contribution is 6.04. The van der Waals surface area contributed by atoms with Crippen LogP contribution in [0.2, 0.25) is 0 Å².